The van der Waals surface area contributed by atoms with Crippen LogP contribution in [0.3, 0.4) is 0 Å². The standard InChI is InChI=1S/C37H45N7O11S4/c1-36(2,3)28-17-26(41-42-35-40-33(43-57-35)24-8-7-9-25(16-24)44-58(6,49)50)18-29(32(28)53-14-15-54-34(48)37(4,5)22-56-20-31(46)47)39-30(45)19-55-27-12-10-23(11-13-27)21-59(38,51)52/h7-13,16-18,44H,14-15,19-22H2,1-6H3,(H,39,45)(H,46,47)(H2,38,51,52). The van der Waals surface area contributed by atoms with Crippen LogP contribution >= 0.6 is 23.3 Å². The number of carbonyl (C=O) groups is 3. The lowest BCUT2D eigenvalue weighted by Gasteiger charge is -2.26. The Morgan fingerprint density at radius 2 is 1.68 bits per heavy atom. The molecule has 0 spiro atoms. The van der Waals surface area contributed by atoms with Crippen LogP contribution in [0.15, 0.2) is 70.9 Å². The fourth-order valence-corrected chi connectivity index (χ4v) is 7.68. The van der Waals surface area contributed by atoms with E-state index in [2.05, 4.69) is 29.6 Å². The smallest absolute Gasteiger partial charge is 0.313 e. The zero-order chi connectivity index (χ0) is 43.6. The Kier molecular flexibility index (Phi) is 15.6. The number of aliphatic carboxylic acids is 1. The highest BCUT2D eigenvalue weighted by Crippen LogP contribution is 2.41. The molecule has 0 aliphatic carbocycles. The van der Waals surface area contributed by atoms with Gasteiger partial charge in [0.1, 0.15) is 24.7 Å². The predicted octanol–water partition coefficient (Wildman–Crippen LogP) is 7.09. The molecule has 0 radical (unpaired) electrons. The van der Waals surface area contributed by atoms with Crippen molar-refractivity contribution in [3.05, 3.63) is 71.8 Å². The number of carboxylic acids is 1. The van der Waals surface area contributed by atoms with Crippen molar-refractivity contribution in [3.8, 4) is 22.9 Å². The molecule has 4 rings (SSSR count). The number of azo groups is 1. The van der Waals surface area contributed by atoms with Crippen LogP contribution in [0.4, 0.5) is 22.2 Å². The number of benzene rings is 3. The summed E-state index contributed by atoms with van der Waals surface area (Å²) in [5.41, 5.74) is 0.909. The predicted molar refractivity (Wildman–Crippen MR) is 226 cm³/mol. The SMILES string of the molecule is CC(C)(CSCC(=O)O)C(=O)OCCOc1c(NC(=O)COc2ccc(CS(=N)(=O)O)cc2)cc(N=Nc2nc(-c3cccc(NS(C)(=O)=O)c3)ns2)cc1C(C)(C)C. The number of nitrogens with one attached hydrogen (secondary N) is 3. The van der Waals surface area contributed by atoms with E-state index in [1.165, 1.54) is 30.3 Å². The molecule has 0 fully saturated rings. The highest BCUT2D eigenvalue weighted by Gasteiger charge is 2.30. The van der Waals surface area contributed by atoms with E-state index in [4.69, 9.17) is 24.1 Å². The Bertz CT molecular complexity index is 2400. The molecule has 1 aromatic heterocycles. The molecule has 1 heterocycles. The van der Waals surface area contributed by atoms with Gasteiger partial charge >= 0.3 is 11.9 Å². The van der Waals surface area contributed by atoms with Crippen molar-refractivity contribution in [2.45, 2.75) is 45.8 Å². The summed E-state index contributed by atoms with van der Waals surface area (Å²) in [4.78, 5) is 41.5. The molecule has 0 saturated carbocycles. The van der Waals surface area contributed by atoms with Gasteiger partial charge < -0.3 is 29.2 Å². The van der Waals surface area contributed by atoms with Gasteiger partial charge in [0.15, 0.2) is 22.4 Å². The molecule has 3 aromatic carbocycles. The molecule has 0 saturated heterocycles. The molecule has 1 atom stereocenters. The van der Waals surface area contributed by atoms with Crippen molar-refractivity contribution in [2.75, 3.05) is 47.6 Å². The highest BCUT2D eigenvalue weighted by molar-refractivity contribution is 8.00. The third kappa shape index (κ3) is 15.5. The molecule has 0 aliphatic heterocycles. The zero-order valence-corrected chi connectivity index (χ0v) is 36.3. The normalized spacial score (nSPS) is 13.1. The van der Waals surface area contributed by atoms with Crippen LogP contribution in [0, 0.1) is 10.2 Å². The van der Waals surface area contributed by atoms with E-state index in [-0.39, 0.29) is 47.0 Å². The lowest BCUT2D eigenvalue weighted by Crippen LogP contribution is -2.31. The number of hydrogen-bond acceptors (Lipinski definition) is 16. The molecule has 0 aliphatic rings. The number of thioether (sulfide) groups is 1. The van der Waals surface area contributed by atoms with Crippen LogP contribution in [0.1, 0.15) is 45.7 Å². The summed E-state index contributed by atoms with van der Waals surface area (Å²) in [6.45, 7) is 8.39. The number of carboxylic acid groups (broad SMARTS) is 1. The fraction of sp³-hybridized carbons (Fsp3) is 0.378. The summed E-state index contributed by atoms with van der Waals surface area (Å²) in [6, 6.07) is 15.9. The Hall–Kier alpha value is -5.16. The maximum absolute atomic E-state index is 13.3. The molecule has 22 heteroatoms. The Labute approximate surface area is 350 Å². The first-order valence-corrected chi connectivity index (χ1v) is 23.1. The topological polar surface area (TPSA) is 269 Å². The number of ether oxygens (including phenoxy) is 3. The zero-order valence-electron chi connectivity index (χ0n) is 33.0. The Balaban J connectivity index is 1.58. The van der Waals surface area contributed by atoms with Crippen molar-refractivity contribution < 1.29 is 50.9 Å². The largest absolute Gasteiger partial charge is 0.488 e. The molecule has 1 unspecified atom stereocenters. The molecular weight excluding hydrogens is 847 g/mol. The van der Waals surface area contributed by atoms with Gasteiger partial charge in [-0.05, 0) is 61.2 Å². The van der Waals surface area contributed by atoms with E-state index in [1.54, 1.807) is 44.2 Å². The van der Waals surface area contributed by atoms with Gasteiger partial charge in [-0.2, -0.15) is 9.36 Å². The lowest BCUT2D eigenvalue weighted by molar-refractivity contribution is -0.153. The summed E-state index contributed by atoms with van der Waals surface area (Å²) in [5.74, 6) is -1.51. The van der Waals surface area contributed by atoms with Crippen LogP contribution in [0.5, 0.6) is 11.5 Å². The van der Waals surface area contributed by atoms with E-state index < -0.39 is 55.3 Å². The number of nitrogens with zero attached hydrogens (tertiary/aromatic N) is 4. The van der Waals surface area contributed by atoms with Crippen molar-refractivity contribution in [3.63, 3.8) is 0 Å². The van der Waals surface area contributed by atoms with E-state index in [1.807, 2.05) is 20.8 Å². The van der Waals surface area contributed by atoms with Gasteiger partial charge in [0.2, 0.25) is 15.2 Å². The average Bonchev–Trinajstić information content (AvgIpc) is 3.60. The van der Waals surface area contributed by atoms with Gasteiger partial charge in [-0.1, -0.05) is 45.0 Å². The summed E-state index contributed by atoms with van der Waals surface area (Å²) < 4.78 is 75.5. The first-order chi connectivity index (χ1) is 27.5. The number of rotatable bonds is 20. The van der Waals surface area contributed by atoms with Gasteiger partial charge in [-0.15, -0.1) is 22.0 Å². The van der Waals surface area contributed by atoms with Gasteiger partial charge in [0, 0.05) is 34.1 Å². The van der Waals surface area contributed by atoms with E-state index in [0.29, 0.717) is 39.6 Å². The first kappa shape index (κ1) is 46.5. The van der Waals surface area contributed by atoms with Gasteiger partial charge in [-0.25, -0.2) is 17.4 Å². The Morgan fingerprint density at radius 1 is 0.966 bits per heavy atom. The minimum absolute atomic E-state index is 0.104. The van der Waals surface area contributed by atoms with Crippen molar-refractivity contribution >= 4 is 83.4 Å². The second kappa shape index (κ2) is 19.7. The van der Waals surface area contributed by atoms with Crippen LogP contribution < -0.4 is 19.5 Å². The number of carbonyl (C=O) groups excluding carboxylic acids is 2. The number of amides is 1. The molecule has 59 heavy (non-hydrogen) atoms. The van der Waals surface area contributed by atoms with E-state index >= 15 is 0 Å². The van der Waals surface area contributed by atoms with E-state index in [0.717, 1.165) is 29.6 Å². The quantitative estimate of drug-likeness (QED) is 0.0337. The molecule has 4 aromatic rings. The van der Waals surface area contributed by atoms with Gasteiger partial charge in [0.25, 0.3) is 5.91 Å². The van der Waals surface area contributed by atoms with Gasteiger partial charge in [0.05, 0.1) is 34.6 Å². The molecule has 318 valence electrons. The fourth-order valence-electron chi connectivity index (χ4n) is 5.06. The number of anilines is 2. The summed E-state index contributed by atoms with van der Waals surface area (Å²) in [5, 5.41) is 20.6. The summed E-state index contributed by atoms with van der Waals surface area (Å²) in [6.07, 6.45) is 1.05. The first-order valence-electron chi connectivity index (χ1n) is 17.6. The monoisotopic (exact) mass is 891 g/mol. The van der Waals surface area contributed by atoms with Crippen molar-refractivity contribution in [1.29, 1.82) is 4.78 Å². The summed E-state index contributed by atoms with van der Waals surface area (Å²) >= 11 is 2.07. The van der Waals surface area contributed by atoms with E-state index in [9.17, 15) is 31.6 Å². The number of aromatic nitrogens is 2. The van der Waals surface area contributed by atoms with Crippen molar-refractivity contribution in [2.24, 2.45) is 15.6 Å². The van der Waals surface area contributed by atoms with Crippen LogP contribution in [0.2, 0.25) is 0 Å². The van der Waals surface area contributed by atoms with Crippen molar-refractivity contribution in [1.82, 2.24) is 9.36 Å². The van der Waals surface area contributed by atoms with Crippen LogP contribution in [0.25, 0.3) is 11.4 Å². The molecule has 18 nitrogen and oxygen atoms in total. The second-order valence-electron chi connectivity index (χ2n) is 14.7. The molecular formula is C37H45N7O11S4. The van der Waals surface area contributed by atoms with Gasteiger partial charge in [-0.3, -0.25) is 19.1 Å². The van der Waals surface area contributed by atoms with Crippen LogP contribution in [-0.2, 0) is 50.3 Å². The maximum Gasteiger partial charge on any atom is 0.313 e. The Morgan fingerprint density at radius 3 is 2.32 bits per heavy atom. The molecule has 5 N–H and O–H groups in total. The number of esters is 1. The highest BCUT2D eigenvalue weighted by atomic mass is 32.2. The minimum atomic E-state index is -3.73. The lowest BCUT2D eigenvalue weighted by atomic mass is 9.85. The second-order valence-corrected chi connectivity index (χ2v) is 19.7. The number of sulfonamides is 1. The number of hydrogen-bond donors (Lipinski definition) is 5. The molecule has 1 amide bonds. The third-order valence-electron chi connectivity index (χ3n) is 7.71. The average molecular weight is 892 g/mol. The summed E-state index contributed by atoms with van der Waals surface area (Å²) in [7, 11) is -7.24. The maximum atomic E-state index is 13.3. The minimum Gasteiger partial charge on any atom is -0.488 e. The molecule has 0 bridgehead atoms. The van der Waals surface area contributed by atoms with Crippen LogP contribution in [-0.4, -0.2) is 87.1 Å². The third-order valence-corrected chi connectivity index (χ3v) is 11.0.